The molecule has 0 bridgehead atoms. The third kappa shape index (κ3) is 3.41. The van der Waals surface area contributed by atoms with Crippen molar-refractivity contribution in [3.05, 3.63) is 35.9 Å². The molecule has 3 atom stereocenters. The van der Waals surface area contributed by atoms with Crippen LogP contribution in [0.4, 0.5) is 4.79 Å². The van der Waals surface area contributed by atoms with Gasteiger partial charge in [0.1, 0.15) is 12.4 Å². The average molecular weight is 315 g/mol. The molecule has 1 heterocycles. The minimum absolute atomic E-state index is 0.0352. The summed E-state index contributed by atoms with van der Waals surface area (Å²) >= 11 is 0. The van der Waals surface area contributed by atoms with Gasteiger partial charge in [-0.2, -0.15) is 0 Å². The molecule has 0 radical (unpaired) electrons. The van der Waals surface area contributed by atoms with Crippen LogP contribution in [0.15, 0.2) is 30.3 Å². The molecule has 1 aliphatic heterocycles. The summed E-state index contributed by atoms with van der Waals surface area (Å²) in [6.45, 7) is 2.51. The van der Waals surface area contributed by atoms with Crippen molar-refractivity contribution < 1.29 is 14.3 Å². The number of hydrogen-bond acceptors (Lipinski definition) is 3. The fraction of sp³-hybridized carbons (Fsp3) is 0.579. The molecule has 1 aromatic rings. The second-order valence-corrected chi connectivity index (χ2v) is 6.63. The molecule has 3 rings (SSSR count). The number of hydrogen-bond donors (Lipinski definition) is 0. The van der Waals surface area contributed by atoms with Crippen molar-refractivity contribution >= 4 is 11.9 Å². The van der Waals surface area contributed by atoms with E-state index in [0.717, 1.165) is 31.2 Å². The Morgan fingerprint density at radius 1 is 1.22 bits per heavy atom. The van der Waals surface area contributed by atoms with Crippen LogP contribution in [0.2, 0.25) is 0 Å². The van der Waals surface area contributed by atoms with Crippen molar-refractivity contribution in [3.8, 4) is 0 Å². The first kappa shape index (κ1) is 16.0. The lowest BCUT2D eigenvalue weighted by Gasteiger charge is -2.35. The van der Waals surface area contributed by atoms with Crippen LogP contribution in [0.3, 0.4) is 0 Å². The summed E-state index contributed by atoms with van der Waals surface area (Å²) in [7, 11) is 0. The number of Topliss-reactive ketones (excluding diaryl/α,β-unsaturated/α-hetero) is 1. The fourth-order valence-electron chi connectivity index (χ4n) is 4.04. The molecule has 2 aliphatic rings. The molecule has 124 valence electrons. The van der Waals surface area contributed by atoms with Crippen LogP contribution in [-0.4, -0.2) is 29.4 Å². The molecule has 0 spiro atoms. The monoisotopic (exact) mass is 315 g/mol. The molecule has 2 fully saturated rings. The first-order valence-corrected chi connectivity index (χ1v) is 8.72. The summed E-state index contributed by atoms with van der Waals surface area (Å²) in [6, 6.07) is 10.1. The number of carbonyl (C=O) groups excluding carboxylic acids is 2. The molecule has 1 amide bonds. The van der Waals surface area contributed by atoms with Crippen molar-refractivity contribution in [3.63, 3.8) is 0 Å². The zero-order chi connectivity index (χ0) is 16.2. The predicted molar refractivity (Wildman–Crippen MR) is 88.0 cm³/mol. The highest BCUT2D eigenvalue weighted by molar-refractivity contribution is 5.79. The van der Waals surface area contributed by atoms with Gasteiger partial charge in [0.2, 0.25) is 0 Å². The van der Waals surface area contributed by atoms with Gasteiger partial charge in [0.15, 0.2) is 0 Å². The van der Waals surface area contributed by atoms with Crippen LogP contribution in [0.5, 0.6) is 0 Å². The van der Waals surface area contributed by atoms with Gasteiger partial charge < -0.3 is 4.74 Å². The topological polar surface area (TPSA) is 46.6 Å². The highest BCUT2D eigenvalue weighted by Gasteiger charge is 2.41. The van der Waals surface area contributed by atoms with E-state index in [0.29, 0.717) is 25.2 Å². The summed E-state index contributed by atoms with van der Waals surface area (Å²) in [6.07, 6.45) is 5.00. The fourth-order valence-corrected chi connectivity index (χ4v) is 4.04. The number of ether oxygens (including phenoxy) is 1. The lowest BCUT2D eigenvalue weighted by molar-refractivity contribution is -0.120. The van der Waals surface area contributed by atoms with E-state index in [4.69, 9.17) is 4.74 Å². The van der Waals surface area contributed by atoms with Gasteiger partial charge in [0.05, 0.1) is 6.04 Å². The first-order valence-electron chi connectivity index (χ1n) is 8.72. The van der Waals surface area contributed by atoms with E-state index in [2.05, 4.69) is 6.92 Å². The van der Waals surface area contributed by atoms with Crippen LogP contribution in [0.1, 0.15) is 57.1 Å². The molecule has 4 nitrogen and oxygen atoms in total. The second kappa shape index (κ2) is 7.16. The van der Waals surface area contributed by atoms with E-state index in [1.807, 2.05) is 35.2 Å². The summed E-state index contributed by atoms with van der Waals surface area (Å²) in [5.41, 5.74) is 1.11. The number of benzene rings is 1. The van der Waals surface area contributed by atoms with Crippen LogP contribution in [0.25, 0.3) is 0 Å². The Morgan fingerprint density at radius 2 is 2.00 bits per heavy atom. The van der Waals surface area contributed by atoms with Crippen LogP contribution < -0.4 is 0 Å². The Bertz CT molecular complexity index is 557. The highest BCUT2D eigenvalue weighted by Crippen LogP contribution is 2.36. The average Bonchev–Trinajstić information content (AvgIpc) is 2.80. The lowest BCUT2D eigenvalue weighted by atomic mass is 9.87. The smallest absolute Gasteiger partial charge is 0.410 e. The molecular weight excluding hydrogens is 290 g/mol. The Labute approximate surface area is 137 Å². The Morgan fingerprint density at radius 3 is 2.74 bits per heavy atom. The molecule has 4 heteroatoms. The molecule has 0 unspecified atom stereocenters. The second-order valence-electron chi connectivity index (χ2n) is 6.63. The molecule has 1 aromatic carbocycles. The van der Waals surface area contributed by atoms with Gasteiger partial charge >= 0.3 is 6.09 Å². The van der Waals surface area contributed by atoms with E-state index in [-0.39, 0.29) is 24.1 Å². The number of amides is 1. The maximum Gasteiger partial charge on any atom is 0.410 e. The number of rotatable bonds is 4. The van der Waals surface area contributed by atoms with Crippen LogP contribution in [0, 0.1) is 5.92 Å². The van der Waals surface area contributed by atoms with E-state index in [1.165, 1.54) is 0 Å². The summed E-state index contributed by atoms with van der Waals surface area (Å²) in [4.78, 5) is 26.3. The number of nitrogens with zero attached hydrogens (tertiary/aromatic N) is 1. The van der Waals surface area contributed by atoms with Crippen LogP contribution >= 0.6 is 0 Å². The summed E-state index contributed by atoms with van der Waals surface area (Å²) in [5, 5.41) is 0. The first-order chi connectivity index (χ1) is 11.2. The molecular formula is C19H25NO3. The third-order valence-corrected chi connectivity index (χ3v) is 5.19. The number of ketones is 1. The normalized spacial score (nSPS) is 26.7. The number of cyclic esters (lactones) is 1. The Hall–Kier alpha value is -1.84. The van der Waals surface area contributed by atoms with Gasteiger partial charge in [-0.3, -0.25) is 9.69 Å². The quantitative estimate of drug-likeness (QED) is 0.786. The molecule has 0 N–H and O–H groups in total. The molecule has 1 saturated heterocycles. The largest absolute Gasteiger partial charge is 0.447 e. The Balaban J connectivity index is 1.85. The Kier molecular flexibility index (Phi) is 4.99. The van der Waals surface area contributed by atoms with Crippen LogP contribution in [-0.2, 0) is 9.53 Å². The summed E-state index contributed by atoms with van der Waals surface area (Å²) in [5.74, 6) is 0.599. The maximum absolute atomic E-state index is 12.4. The third-order valence-electron chi connectivity index (χ3n) is 5.19. The molecule has 0 aromatic heterocycles. The van der Waals surface area contributed by atoms with Crippen molar-refractivity contribution in [2.24, 2.45) is 5.92 Å². The van der Waals surface area contributed by atoms with Gasteiger partial charge in [0.25, 0.3) is 0 Å². The minimum atomic E-state index is -0.234. The highest BCUT2D eigenvalue weighted by atomic mass is 16.6. The molecule has 1 aliphatic carbocycles. The van der Waals surface area contributed by atoms with E-state index < -0.39 is 0 Å². The van der Waals surface area contributed by atoms with E-state index in [9.17, 15) is 9.59 Å². The maximum atomic E-state index is 12.4. The van der Waals surface area contributed by atoms with E-state index in [1.54, 1.807) is 0 Å². The van der Waals surface area contributed by atoms with E-state index >= 15 is 0 Å². The minimum Gasteiger partial charge on any atom is -0.447 e. The lowest BCUT2D eigenvalue weighted by Crippen LogP contribution is -2.43. The van der Waals surface area contributed by atoms with Gasteiger partial charge in [-0.1, -0.05) is 43.7 Å². The van der Waals surface area contributed by atoms with Crippen molar-refractivity contribution in [1.29, 1.82) is 0 Å². The zero-order valence-electron chi connectivity index (χ0n) is 13.7. The van der Waals surface area contributed by atoms with Gasteiger partial charge in [0, 0.05) is 18.9 Å². The molecule has 23 heavy (non-hydrogen) atoms. The van der Waals surface area contributed by atoms with Gasteiger partial charge in [-0.15, -0.1) is 0 Å². The van der Waals surface area contributed by atoms with Crippen molar-refractivity contribution in [1.82, 2.24) is 4.90 Å². The predicted octanol–water partition coefficient (Wildman–Crippen LogP) is 4.11. The molecule has 1 saturated carbocycles. The van der Waals surface area contributed by atoms with Gasteiger partial charge in [-0.05, 0) is 30.7 Å². The summed E-state index contributed by atoms with van der Waals surface area (Å²) < 4.78 is 5.37. The SMILES string of the molecule is CC[C@@H]([C@H]1CCCCC(=O)C1)N1C(=O)OC[C@@H]1c1ccccc1. The number of carbonyl (C=O) groups is 2. The van der Waals surface area contributed by atoms with Crippen molar-refractivity contribution in [2.45, 2.75) is 57.5 Å². The van der Waals surface area contributed by atoms with Gasteiger partial charge in [-0.25, -0.2) is 4.79 Å². The van der Waals surface area contributed by atoms with Crippen molar-refractivity contribution in [2.75, 3.05) is 6.61 Å². The zero-order valence-corrected chi connectivity index (χ0v) is 13.7. The standard InChI is InChI=1S/C19H25NO3/c1-2-17(15-10-6-7-11-16(21)12-15)20-18(13-23-19(20)22)14-8-4-3-5-9-14/h3-5,8-9,15,17-18H,2,6-7,10-13H2,1H3/t15-,17-,18+/m0/s1.